The summed E-state index contributed by atoms with van der Waals surface area (Å²) in [5.74, 6) is 0.329. The third-order valence-corrected chi connectivity index (χ3v) is 6.54. The van der Waals surface area contributed by atoms with Crippen LogP contribution in [-0.4, -0.2) is 52.7 Å². The van der Waals surface area contributed by atoms with E-state index in [0.29, 0.717) is 12.2 Å². The summed E-state index contributed by atoms with van der Waals surface area (Å²) in [6.45, 7) is 4.64. The summed E-state index contributed by atoms with van der Waals surface area (Å²) in [5, 5.41) is 14.7. The quantitative estimate of drug-likeness (QED) is 0.215. The lowest BCUT2D eigenvalue weighted by Gasteiger charge is -2.19. The zero-order chi connectivity index (χ0) is 28.0. The van der Waals surface area contributed by atoms with Crippen molar-refractivity contribution in [3.8, 4) is 28.3 Å². The Morgan fingerprint density at radius 3 is 2.15 bits per heavy atom. The topological polar surface area (TPSA) is 113 Å². The number of rotatable bonds is 16. The molecule has 0 aliphatic rings. The van der Waals surface area contributed by atoms with Gasteiger partial charge in [0.15, 0.2) is 5.82 Å². The number of likely N-dealkylation sites (N-methyl/N-ethyl adjacent to an activating group) is 1. The van der Waals surface area contributed by atoms with Crippen molar-refractivity contribution < 1.29 is 19.4 Å². The Balaban J connectivity index is 1.53. The Morgan fingerprint density at radius 1 is 0.897 bits per heavy atom. The zero-order valence-corrected chi connectivity index (χ0v) is 23.2. The highest BCUT2D eigenvalue weighted by atomic mass is 16.5. The van der Waals surface area contributed by atoms with Gasteiger partial charge < -0.3 is 20.5 Å². The summed E-state index contributed by atoms with van der Waals surface area (Å²) in [6, 6.07) is 14.9. The number of aliphatic carboxylic acids is 1. The summed E-state index contributed by atoms with van der Waals surface area (Å²) in [6.07, 6.45) is 10.1. The summed E-state index contributed by atoms with van der Waals surface area (Å²) >= 11 is 0. The molecule has 3 aromatic rings. The van der Waals surface area contributed by atoms with Crippen molar-refractivity contribution in [2.24, 2.45) is 0 Å². The number of carboxylic acids is 1. The number of benzene rings is 2. The van der Waals surface area contributed by atoms with E-state index in [-0.39, 0.29) is 12.3 Å². The van der Waals surface area contributed by atoms with Gasteiger partial charge in [-0.1, -0.05) is 69.0 Å². The molecule has 3 rings (SSSR count). The summed E-state index contributed by atoms with van der Waals surface area (Å²) < 4.78 is 5.86. The van der Waals surface area contributed by atoms with E-state index in [9.17, 15) is 9.59 Å². The average molecular weight is 533 g/mol. The molecule has 8 heteroatoms. The van der Waals surface area contributed by atoms with Gasteiger partial charge in [-0.05, 0) is 50.1 Å². The molecule has 3 N–H and O–H groups in total. The molecule has 0 saturated heterocycles. The lowest BCUT2D eigenvalue weighted by atomic mass is 10.0. The fourth-order valence-electron chi connectivity index (χ4n) is 4.27. The number of aromatic nitrogens is 2. The van der Waals surface area contributed by atoms with E-state index in [0.717, 1.165) is 41.0 Å². The molecule has 0 spiro atoms. The maximum Gasteiger partial charge on any atom is 0.305 e. The molecule has 0 bridgehead atoms. The van der Waals surface area contributed by atoms with Crippen molar-refractivity contribution in [3.05, 3.63) is 66.5 Å². The smallest absolute Gasteiger partial charge is 0.305 e. The SMILES string of the molecule is CCCCCCCOc1ccc(-c2cnc(-c3ccc(C[C@H](NC)C(=O)N[C@H](C)CC(=O)O)cc3)nc2)cc1. The fraction of sp³-hybridized carbons (Fsp3) is 0.419. The van der Waals surface area contributed by atoms with Gasteiger partial charge in [-0.25, -0.2) is 9.97 Å². The summed E-state index contributed by atoms with van der Waals surface area (Å²) in [5.41, 5.74) is 3.82. The van der Waals surface area contributed by atoms with Crippen LogP contribution in [0.5, 0.6) is 5.75 Å². The highest BCUT2D eigenvalue weighted by molar-refractivity contribution is 5.83. The second-order valence-corrected chi connectivity index (χ2v) is 9.83. The van der Waals surface area contributed by atoms with Gasteiger partial charge in [-0.15, -0.1) is 0 Å². The number of carbonyl (C=O) groups is 2. The van der Waals surface area contributed by atoms with Gasteiger partial charge in [0.25, 0.3) is 0 Å². The molecule has 0 unspecified atom stereocenters. The molecule has 39 heavy (non-hydrogen) atoms. The molecule has 8 nitrogen and oxygen atoms in total. The van der Waals surface area contributed by atoms with E-state index < -0.39 is 18.1 Å². The predicted octanol–water partition coefficient (Wildman–Crippen LogP) is 5.27. The second kappa shape index (κ2) is 15.6. The van der Waals surface area contributed by atoms with Crippen molar-refractivity contribution in [1.82, 2.24) is 20.6 Å². The second-order valence-electron chi connectivity index (χ2n) is 9.83. The van der Waals surface area contributed by atoms with Crippen molar-refractivity contribution in [2.75, 3.05) is 13.7 Å². The van der Waals surface area contributed by atoms with Gasteiger partial charge >= 0.3 is 5.97 Å². The Labute approximate surface area is 231 Å². The normalized spacial score (nSPS) is 12.5. The van der Waals surface area contributed by atoms with Crippen LogP contribution in [0.1, 0.15) is 57.9 Å². The van der Waals surface area contributed by atoms with Crippen LogP contribution in [0.4, 0.5) is 0 Å². The van der Waals surface area contributed by atoms with Gasteiger partial charge in [-0.2, -0.15) is 0 Å². The number of ether oxygens (including phenoxy) is 1. The number of carboxylic acid groups (broad SMARTS) is 1. The van der Waals surface area contributed by atoms with Crippen LogP contribution in [0, 0.1) is 0 Å². The Morgan fingerprint density at radius 2 is 1.54 bits per heavy atom. The molecule has 1 amide bonds. The summed E-state index contributed by atoms with van der Waals surface area (Å²) in [7, 11) is 1.71. The number of hydrogen-bond acceptors (Lipinski definition) is 6. The molecule has 0 aliphatic carbocycles. The van der Waals surface area contributed by atoms with E-state index in [2.05, 4.69) is 27.5 Å². The van der Waals surface area contributed by atoms with Crippen molar-refractivity contribution >= 4 is 11.9 Å². The van der Waals surface area contributed by atoms with E-state index in [4.69, 9.17) is 9.84 Å². The monoisotopic (exact) mass is 532 g/mol. The fourth-order valence-corrected chi connectivity index (χ4v) is 4.27. The van der Waals surface area contributed by atoms with Gasteiger partial charge in [0.05, 0.1) is 19.1 Å². The third-order valence-electron chi connectivity index (χ3n) is 6.54. The van der Waals surface area contributed by atoms with Crippen LogP contribution in [0.15, 0.2) is 60.9 Å². The first-order valence-corrected chi connectivity index (χ1v) is 13.7. The van der Waals surface area contributed by atoms with Crippen molar-refractivity contribution in [1.29, 1.82) is 0 Å². The largest absolute Gasteiger partial charge is 0.494 e. The van der Waals surface area contributed by atoms with Crippen LogP contribution >= 0.6 is 0 Å². The van der Waals surface area contributed by atoms with Gasteiger partial charge in [0.1, 0.15) is 5.75 Å². The molecule has 208 valence electrons. The van der Waals surface area contributed by atoms with Crippen LogP contribution in [0.2, 0.25) is 0 Å². The van der Waals surface area contributed by atoms with Gasteiger partial charge in [-0.3, -0.25) is 9.59 Å². The zero-order valence-electron chi connectivity index (χ0n) is 23.2. The summed E-state index contributed by atoms with van der Waals surface area (Å²) in [4.78, 5) is 32.5. The molecular formula is C31H40N4O4. The molecule has 0 radical (unpaired) electrons. The standard InChI is InChI=1S/C31H40N4O4/c1-4-5-6-7-8-17-39-27-15-13-24(14-16-27)26-20-33-30(34-21-26)25-11-9-23(10-12-25)19-28(32-3)31(38)35-22(2)18-29(36)37/h9-16,20-22,28,32H,4-8,17-19H2,1-3H3,(H,35,38)(H,36,37)/t22-,28+/m1/s1. The highest BCUT2D eigenvalue weighted by Crippen LogP contribution is 2.23. The molecule has 1 heterocycles. The van der Waals surface area contributed by atoms with Crippen LogP contribution < -0.4 is 15.4 Å². The lowest BCUT2D eigenvalue weighted by Crippen LogP contribution is -2.47. The van der Waals surface area contributed by atoms with E-state index >= 15 is 0 Å². The van der Waals surface area contributed by atoms with E-state index in [1.54, 1.807) is 14.0 Å². The van der Waals surface area contributed by atoms with Gasteiger partial charge in [0.2, 0.25) is 5.91 Å². The first kappa shape index (κ1) is 29.8. The molecular weight excluding hydrogens is 492 g/mol. The Hall–Kier alpha value is -3.78. The average Bonchev–Trinajstić information content (AvgIpc) is 2.94. The number of unbranched alkanes of at least 4 members (excludes halogenated alkanes) is 4. The first-order valence-electron chi connectivity index (χ1n) is 13.7. The Bertz CT molecular complexity index is 1160. The maximum atomic E-state index is 12.5. The molecule has 1 aromatic heterocycles. The van der Waals surface area contributed by atoms with Crippen LogP contribution in [0.3, 0.4) is 0 Å². The van der Waals surface area contributed by atoms with E-state index in [1.807, 2.05) is 60.9 Å². The minimum Gasteiger partial charge on any atom is -0.494 e. The number of nitrogens with zero attached hydrogens (tertiary/aromatic N) is 2. The van der Waals surface area contributed by atoms with Crippen LogP contribution in [0.25, 0.3) is 22.5 Å². The third kappa shape index (κ3) is 9.80. The molecule has 0 aliphatic heterocycles. The van der Waals surface area contributed by atoms with Crippen molar-refractivity contribution in [2.45, 2.75) is 70.9 Å². The molecule has 2 atom stereocenters. The molecule has 0 fully saturated rings. The maximum absolute atomic E-state index is 12.5. The van der Waals surface area contributed by atoms with E-state index in [1.165, 1.54) is 25.7 Å². The minimum absolute atomic E-state index is 0.116. The van der Waals surface area contributed by atoms with Crippen molar-refractivity contribution in [3.63, 3.8) is 0 Å². The highest BCUT2D eigenvalue weighted by Gasteiger charge is 2.20. The number of hydrogen-bond donors (Lipinski definition) is 3. The van der Waals surface area contributed by atoms with Crippen LogP contribution in [-0.2, 0) is 16.0 Å². The Kier molecular flexibility index (Phi) is 11.9. The minimum atomic E-state index is -0.944. The molecule has 2 aromatic carbocycles. The predicted molar refractivity (Wildman–Crippen MR) is 154 cm³/mol. The number of carbonyl (C=O) groups excluding carboxylic acids is 1. The van der Waals surface area contributed by atoms with Gasteiger partial charge in [0, 0.05) is 29.6 Å². The molecule has 0 saturated carbocycles. The number of nitrogens with one attached hydrogen (secondary N) is 2. The number of amides is 1. The first-order chi connectivity index (χ1) is 18.9. The lowest BCUT2D eigenvalue weighted by molar-refractivity contribution is -0.137.